The summed E-state index contributed by atoms with van der Waals surface area (Å²) in [7, 11) is 3.18. The highest BCUT2D eigenvalue weighted by Crippen LogP contribution is 2.34. The van der Waals surface area contributed by atoms with E-state index in [2.05, 4.69) is 5.32 Å². The molecule has 1 amide bonds. The lowest BCUT2D eigenvalue weighted by molar-refractivity contribution is -0.120. The van der Waals surface area contributed by atoms with E-state index < -0.39 is 5.41 Å². The van der Waals surface area contributed by atoms with E-state index in [0.29, 0.717) is 11.5 Å². The summed E-state index contributed by atoms with van der Waals surface area (Å²) in [5, 5.41) is 3.04. The van der Waals surface area contributed by atoms with E-state index in [4.69, 9.17) is 9.47 Å². The van der Waals surface area contributed by atoms with Crippen molar-refractivity contribution in [3.8, 4) is 11.5 Å². The molecule has 2 aromatic rings. The second-order valence-corrected chi connectivity index (χ2v) is 6.47. The molecule has 4 nitrogen and oxygen atoms in total. The lowest BCUT2D eigenvalue weighted by Gasteiger charge is -2.25. The Bertz CT molecular complexity index is 751. The molecule has 2 aromatic carbocycles. The number of carbonyl (C=O) groups excluding carboxylic acids is 1. The van der Waals surface area contributed by atoms with E-state index >= 15 is 0 Å². The van der Waals surface area contributed by atoms with Crippen LogP contribution in [-0.2, 0) is 10.2 Å². The summed E-state index contributed by atoms with van der Waals surface area (Å²) in [6.07, 6.45) is 0. The molecular formula is C20H25NO3. The highest BCUT2D eigenvalue weighted by atomic mass is 16.5. The first-order valence-corrected chi connectivity index (χ1v) is 7.90. The summed E-state index contributed by atoms with van der Waals surface area (Å²) in [6, 6.07) is 11.6. The largest absolute Gasteiger partial charge is 0.493 e. The molecule has 0 unspecified atom stereocenters. The van der Waals surface area contributed by atoms with Crippen molar-refractivity contribution in [1.29, 1.82) is 0 Å². The molecule has 0 fully saturated rings. The quantitative estimate of drug-likeness (QED) is 0.893. The molecule has 4 heteroatoms. The van der Waals surface area contributed by atoms with Crippen molar-refractivity contribution in [2.45, 2.75) is 33.1 Å². The second kappa shape index (κ2) is 6.95. The first kappa shape index (κ1) is 17.9. The summed E-state index contributed by atoms with van der Waals surface area (Å²) in [6.45, 7) is 7.79. The average Bonchev–Trinajstić information content (AvgIpc) is 2.57. The van der Waals surface area contributed by atoms with E-state index in [1.165, 1.54) is 0 Å². The van der Waals surface area contributed by atoms with E-state index in [-0.39, 0.29) is 5.91 Å². The molecular weight excluding hydrogens is 302 g/mol. The van der Waals surface area contributed by atoms with Gasteiger partial charge in [-0.05, 0) is 62.6 Å². The molecule has 24 heavy (non-hydrogen) atoms. The predicted molar refractivity (Wildman–Crippen MR) is 97.1 cm³/mol. The Balaban J connectivity index is 2.32. The maximum atomic E-state index is 12.9. The van der Waals surface area contributed by atoms with Gasteiger partial charge in [0.05, 0.1) is 19.6 Å². The molecule has 0 aliphatic carbocycles. The van der Waals surface area contributed by atoms with Crippen molar-refractivity contribution >= 4 is 11.6 Å². The Hall–Kier alpha value is -2.49. The number of hydrogen-bond donors (Lipinski definition) is 1. The van der Waals surface area contributed by atoms with Gasteiger partial charge in [0.25, 0.3) is 0 Å². The third-order valence-corrected chi connectivity index (χ3v) is 4.31. The first-order valence-electron chi connectivity index (χ1n) is 7.90. The number of hydrogen-bond acceptors (Lipinski definition) is 3. The molecule has 128 valence electrons. The zero-order chi connectivity index (χ0) is 17.9. The van der Waals surface area contributed by atoms with Crippen LogP contribution >= 0.6 is 0 Å². The van der Waals surface area contributed by atoms with Gasteiger partial charge in [-0.25, -0.2) is 0 Å². The minimum absolute atomic E-state index is 0.0663. The molecule has 0 aliphatic heterocycles. The van der Waals surface area contributed by atoms with Gasteiger partial charge in [-0.3, -0.25) is 4.79 Å². The normalized spacial score (nSPS) is 11.1. The van der Waals surface area contributed by atoms with E-state index in [0.717, 1.165) is 22.4 Å². The number of aryl methyl sites for hydroxylation is 2. The number of benzene rings is 2. The van der Waals surface area contributed by atoms with Crippen LogP contribution in [0.15, 0.2) is 36.4 Å². The van der Waals surface area contributed by atoms with Gasteiger partial charge in [-0.2, -0.15) is 0 Å². The average molecular weight is 327 g/mol. The summed E-state index contributed by atoms with van der Waals surface area (Å²) < 4.78 is 10.6. The molecule has 0 heterocycles. The summed E-state index contributed by atoms with van der Waals surface area (Å²) in [5.41, 5.74) is 3.14. The molecule has 0 spiro atoms. The first-order chi connectivity index (χ1) is 11.3. The van der Waals surface area contributed by atoms with Crippen LogP contribution in [0.25, 0.3) is 0 Å². The van der Waals surface area contributed by atoms with Gasteiger partial charge in [0.2, 0.25) is 5.91 Å². The Morgan fingerprint density at radius 2 is 1.62 bits per heavy atom. The minimum atomic E-state index is -0.713. The number of methoxy groups -OCH3 is 2. The van der Waals surface area contributed by atoms with E-state index in [9.17, 15) is 4.79 Å². The Kier molecular flexibility index (Phi) is 5.17. The zero-order valence-electron chi connectivity index (χ0n) is 15.2. The molecule has 0 aliphatic rings. The standard InChI is InChI=1S/C20H25NO3/c1-13-7-8-14(2)16(11-13)21-19(22)20(3,4)15-9-10-17(23-5)18(12-15)24-6/h7-12H,1-6H3,(H,21,22). The number of anilines is 1. The number of ether oxygens (including phenoxy) is 2. The van der Waals surface area contributed by atoms with Crippen LogP contribution in [0, 0.1) is 13.8 Å². The van der Waals surface area contributed by atoms with Gasteiger partial charge in [-0.1, -0.05) is 18.2 Å². The van der Waals surface area contributed by atoms with Gasteiger partial charge in [0, 0.05) is 5.69 Å². The van der Waals surface area contributed by atoms with Gasteiger partial charge in [-0.15, -0.1) is 0 Å². The highest BCUT2D eigenvalue weighted by molar-refractivity contribution is 5.99. The molecule has 0 bridgehead atoms. The van der Waals surface area contributed by atoms with Crippen molar-refractivity contribution in [2.24, 2.45) is 0 Å². The maximum absolute atomic E-state index is 12.9. The third-order valence-electron chi connectivity index (χ3n) is 4.31. The van der Waals surface area contributed by atoms with Crippen LogP contribution in [0.3, 0.4) is 0 Å². The van der Waals surface area contributed by atoms with Crippen LogP contribution in [0.2, 0.25) is 0 Å². The van der Waals surface area contributed by atoms with E-state index in [1.54, 1.807) is 14.2 Å². The summed E-state index contributed by atoms with van der Waals surface area (Å²) in [4.78, 5) is 12.9. The van der Waals surface area contributed by atoms with E-state index in [1.807, 2.05) is 64.1 Å². The van der Waals surface area contributed by atoms with Crippen molar-refractivity contribution in [3.05, 3.63) is 53.1 Å². The molecule has 0 radical (unpaired) electrons. The van der Waals surface area contributed by atoms with Gasteiger partial charge >= 0.3 is 0 Å². The molecule has 0 saturated heterocycles. The Morgan fingerprint density at radius 1 is 0.958 bits per heavy atom. The SMILES string of the molecule is COc1ccc(C(C)(C)C(=O)Nc2cc(C)ccc2C)cc1OC. The van der Waals surface area contributed by atoms with Crippen molar-refractivity contribution < 1.29 is 14.3 Å². The number of nitrogens with one attached hydrogen (secondary N) is 1. The van der Waals surface area contributed by atoms with Gasteiger partial charge < -0.3 is 14.8 Å². The maximum Gasteiger partial charge on any atom is 0.234 e. The lowest BCUT2D eigenvalue weighted by Crippen LogP contribution is -2.35. The van der Waals surface area contributed by atoms with Crippen LogP contribution in [-0.4, -0.2) is 20.1 Å². The molecule has 1 N–H and O–H groups in total. The molecule has 0 atom stereocenters. The van der Waals surface area contributed by atoms with Crippen LogP contribution in [0.4, 0.5) is 5.69 Å². The Labute approximate surface area is 143 Å². The van der Waals surface area contributed by atoms with Gasteiger partial charge in [0.1, 0.15) is 0 Å². The van der Waals surface area contributed by atoms with Crippen LogP contribution < -0.4 is 14.8 Å². The van der Waals surface area contributed by atoms with Crippen LogP contribution in [0.1, 0.15) is 30.5 Å². The summed E-state index contributed by atoms with van der Waals surface area (Å²) in [5.74, 6) is 1.19. The van der Waals surface area contributed by atoms with Crippen molar-refractivity contribution in [3.63, 3.8) is 0 Å². The zero-order valence-corrected chi connectivity index (χ0v) is 15.2. The smallest absolute Gasteiger partial charge is 0.234 e. The highest BCUT2D eigenvalue weighted by Gasteiger charge is 2.31. The minimum Gasteiger partial charge on any atom is -0.493 e. The lowest BCUT2D eigenvalue weighted by atomic mass is 9.83. The number of carbonyl (C=O) groups is 1. The van der Waals surface area contributed by atoms with Crippen molar-refractivity contribution in [1.82, 2.24) is 0 Å². The summed E-state index contributed by atoms with van der Waals surface area (Å²) >= 11 is 0. The fraction of sp³-hybridized carbons (Fsp3) is 0.350. The second-order valence-electron chi connectivity index (χ2n) is 6.47. The third kappa shape index (κ3) is 3.53. The number of rotatable bonds is 5. The fourth-order valence-corrected chi connectivity index (χ4v) is 2.51. The number of amides is 1. The van der Waals surface area contributed by atoms with Crippen LogP contribution in [0.5, 0.6) is 11.5 Å². The topological polar surface area (TPSA) is 47.6 Å². The van der Waals surface area contributed by atoms with Gasteiger partial charge in [0.15, 0.2) is 11.5 Å². The molecule has 0 saturated carbocycles. The van der Waals surface area contributed by atoms with Crippen molar-refractivity contribution in [2.75, 3.05) is 19.5 Å². The fourth-order valence-electron chi connectivity index (χ4n) is 2.51. The monoisotopic (exact) mass is 327 g/mol. The Morgan fingerprint density at radius 3 is 2.25 bits per heavy atom. The molecule has 0 aromatic heterocycles. The predicted octanol–water partition coefficient (Wildman–Crippen LogP) is 4.24. The molecule has 2 rings (SSSR count).